The van der Waals surface area contributed by atoms with Crippen LogP contribution in [0.1, 0.15) is 0 Å². The first-order valence-electron chi connectivity index (χ1n) is 5.68. The largest absolute Gasteiger partial charge is 0.336 e. The SMILES string of the molecule is Clc1ccccc1Nc1nc2ccccc2nc1Cl. The molecule has 0 atom stereocenters. The molecule has 1 heterocycles. The zero-order valence-electron chi connectivity index (χ0n) is 9.77. The summed E-state index contributed by atoms with van der Waals surface area (Å²) >= 11 is 12.2. The summed E-state index contributed by atoms with van der Waals surface area (Å²) < 4.78 is 0. The molecule has 0 radical (unpaired) electrons. The van der Waals surface area contributed by atoms with Crippen LogP contribution in [-0.4, -0.2) is 9.97 Å². The monoisotopic (exact) mass is 289 g/mol. The van der Waals surface area contributed by atoms with Gasteiger partial charge in [0.15, 0.2) is 11.0 Å². The fourth-order valence-corrected chi connectivity index (χ4v) is 2.11. The first-order valence-corrected chi connectivity index (χ1v) is 6.43. The molecule has 0 saturated heterocycles. The number of hydrogen-bond acceptors (Lipinski definition) is 3. The Morgan fingerprint density at radius 3 is 2.16 bits per heavy atom. The number of halogens is 2. The van der Waals surface area contributed by atoms with Crippen molar-refractivity contribution in [1.82, 2.24) is 9.97 Å². The van der Waals surface area contributed by atoms with Crippen molar-refractivity contribution < 1.29 is 0 Å². The average molecular weight is 290 g/mol. The maximum Gasteiger partial charge on any atom is 0.172 e. The van der Waals surface area contributed by atoms with E-state index < -0.39 is 0 Å². The van der Waals surface area contributed by atoms with Crippen molar-refractivity contribution in [2.75, 3.05) is 5.32 Å². The highest BCUT2D eigenvalue weighted by atomic mass is 35.5. The number of rotatable bonds is 2. The van der Waals surface area contributed by atoms with Gasteiger partial charge in [0.2, 0.25) is 0 Å². The Morgan fingerprint density at radius 1 is 0.789 bits per heavy atom. The van der Waals surface area contributed by atoms with Crippen molar-refractivity contribution in [3.05, 3.63) is 58.7 Å². The molecule has 0 spiro atoms. The van der Waals surface area contributed by atoms with Crippen LogP contribution in [-0.2, 0) is 0 Å². The molecule has 0 unspecified atom stereocenters. The molecule has 2 aromatic carbocycles. The normalized spacial score (nSPS) is 10.6. The molecule has 0 aliphatic rings. The molecule has 0 amide bonds. The van der Waals surface area contributed by atoms with E-state index in [1.54, 1.807) is 6.07 Å². The standard InChI is InChI=1S/C14H9Cl2N3/c15-9-5-1-2-6-10(9)18-14-13(16)17-11-7-3-4-8-12(11)19-14/h1-8H,(H,18,19). The number of fused-ring (bicyclic) bond motifs is 1. The topological polar surface area (TPSA) is 37.8 Å². The molecule has 1 N–H and O–H groups in total. The average Bonchev–Trinajstić information content (AvgIpc) is 2.42. The molecule has 1 aromatic heterocycles. The summed E-state index contributed by atoms with van der Waals surface area (Å²) in [5.41, 5.74) is 2.29. The highest BCUT2D eigenvalue weighted by Gasteiger charge is 2.08. The predicted molar refractivity (Wildman–Crippen MR) is 79.3 cm³/mol. The minimum absolute atomic E-state index is 0.318. The fraction of sp³-hybridized carbons (Fsp3) is 0. The molecule has 3 aromatic rings. The summed E-state index contributed by atoms with van der Waals surface area (Å²) in [6, 6.07) is 15.0. The Bertz CT molecular complexity index is 744. The van der Waals surface area contributed by atoms with Crippen molar-refractivity contribution in [2.24, 2.45) is 0 Å². The number of aromatic nitrogens is 2. The third-order valence-electron chi connectivity index (χ3n) is 2.65. The van der Waals surface area contributed by atoms with Gasteiger partial charge in [0.05, 0.1) is 21.7 Å². The van der Waals surface area contributed by atoms with E-state index in [0.717, 1.165) is 16.7 Å². The van der Waals surface area contributed by atoms with Gasteiger partial charge >= 0.3 is 0 Å². The van der Waals surface area contributed by atoms with Crippen LogP contribution in [0.4, 0.5) is 11.5 Å². The van der Waals surface area contributed by atoms with E-state index in [4.69, 9.17) is 23.2 Å². The molecule has 3 rings (SSSR count). The summed E-state index contributed by atoms with van der Waals surface area (Å²) in [6.45, 7) is 0. The van der Waals surface area contributed by atoms with E-state index in [9.17, 15) is 0 Å². The second-order valence-corrected chi connectivity index (χ2v) is 4.72. The first kappa shape index (κ1) is 12.2. The van der Waals surface area contributed by atoms with E-state index >= 15 is 0 Å². The smallest absolute Gasteiger partial charge is 0.172 e. The van der Waals surface area contributed by atoms with E-state index in [-0.39, 0.29) is 0 Å². The van der Waals surface area contributed by atoms with Crippen LogP contribution in [0, 0.1) is 0 Å². The summed E-state index contributed by atoms with van der Waals surface area (Å²) in [6.07, 6.45) is 0. The second-order valence-electron chi connectivity index (χ2n) is 3.96. The minimum atomic E-state index is 0.318. The zero-order chi connectivity index (χ0) is 13.2. The Kier molecular flexibility index (Phi) is 3.23. The van der Waals surface area contributed by atoms with Gasteiger partial charge in [-0.3, -0.25) is 0 Å². The third-order valence-corrected chi connectivity index (χ3v) is 3.25. The number of nitrogens with zero attached hydrogens (tertiary/aromatic N) is 2. The van der Waals surface area contributed by atoms with E-state index in [1.807, 2.05) is 42.5 Å². The highest BCUT2D eigenvalue weighted by Crippen LogP contribution is 2.28. The number of anilines is 2. The molecule has 5 heteroatoms. The second kappa shape index (κ2) is 5.03. The third kappa shape index (κ3) is 2.48. The van der Waals surface area contributed by atoms with Gasteiger partial charge in [-0.1, -0.05) is 47.5 Å². The van der Waals surface area contributed by atoms with Crippen molar-refractivity contribution in [3.63, 3.8) is 0 Å². The lowest BCUT2D eigenvalue weighted by atomic mass is 10.3. The van der Waals surface area contributed by atoms with Gasteiger partial charge in [-0.25, -0.2) is 9.97 Å². The molecule has 0 saturated carbocycles. The van der Waals surface area contributed by atoms with E-state index in [1.165, 1.54) is 0 Å². The summed E-state index contributed by atoms with van der Waals surface area (Å²) in [7, 11) is 0. The van der Waals surface area contributed by atoms with Crippen molar-refractivity contribution in [1.29, 1.82) is 0 Å². The van der Waals surface area contributed by atoms with Crippen LogP contribution in [0.2, 0.25) is 10.2 Å². The van der Waals surface area contributed by atoms with Gasteiger partial charge in [0.25, 0.3) is 0 Å². The van der Waals surface area contributed by atoms with Crippen molar-refractivity contribution in [2.45, 2.75) is 0 Å². The summed E-state index contributed by atoms with van der Waals surface area (Å²) in [5, 5.41) is 4.02. The molecule has 19 heavy (non-hydrogen) atoms. The van der Waals surface area contributed by atoms with Crippen LogP contribution in [0.5, 0.6) is 0 Å². The molecule has 0 aliphatic heterocycles. The van der Waals surface area contributed by atoms with Crippen molar-refractivity contribution in [3.8, 4) is 0 Å². The van der Waals surface area contributed by atoms with Crippen LogP contribution in [0.3, 0.4) is 0 Å². The van der Waals surface area contributed by atoms with Gasteiger partial charge in [0, 0.05) is 0 Å². The van der Waals surface area contributed by atoms with E-state index in [2.05, 4.69) is 15.3 Å². The Balaban J connectivity index is 2.06. The molecule has 3 nitrogen and oxygen atoms in total. The van der Waals surface area contributed by atoms with Gasteiger partial charge in [-0.2, -0.15) is 0 Å². The summed E-state index contributed by atoms with van der Waals surface area (Å²) in [5.74, 6) is 0.494. The number of nitrogens with one attached hydrogen (secondary N) is 1. The molecule has 0 fully saturated rings. The van der Waals surface area contributed by atoms with Crippen LogP contribution in [0.25, 0.3) is 11.0 Å². The quantitative estimate of drug-likeness (QED) is 0.744. The highest BCUT2D eigenvalue weighted by molar-refractivity contribution is 6.34. The van der Waals surface area contributed by atoms with Gasteiger partial charge in [-0.05, 0) is 24.3 Å². The Morgan fingerprint density at radius 2 is 1.42 bits per heavy atom. The molecule has 0 bridgehead atoms. The number of benzene rings is 2. The number of hydrogen-bond donors (Lipinski definition) is 1. The molecular formula is C14H9Cl2N3. The summed E-state index contributed by atoms with van der Waals surface area (Å²) in [4.78, 5) is 8.75. The van der Waals surface area contributed by atoms with Crippen LogP contribution in [0.15, 0.2) is 48.5 Å². The van der Waals surface area contributed by atoms with Crippen molar-refractivity contribution >= 4 is 45.7 Å². The lowest BCUT2D eigenvalue weighted by Gasteiger charge is -2.09. The predicted octanol–water partition coefficient (Wildman–Crippen LogP) is 4.68. The minimum Gasteiger partial charge on any atom is -0.336 e. The maximum absolute atomic E-state index is 6.13. The lowest BCUT2D eigenvalue weighted by Crippen LogP contribution is -1.97. The van der Waals surface area contributed by atoms with Crippen LogP contribution < -0.4 is 5.32 Å². The molecule has 0 aliphatic carbocycles. The van der Waals surface area contributed by atoms with Gasteiger partial charge in [0.1, 0.15) is 0 Å². The Labute approximate surface area is 120 Å². The first-order chi connectivity index (χ1) is 9.24. The van der Waals surface area contributed by atoms with Gasteiger partial charge < -0.3 is 5.32 Å². The Hall–Kier alpha value is -1.84. The fourth-order valence-electron chi connectivity index (χ4n) is 1.75. The van der Waals surface area contributed by atoms with Gasteiger partial charge in [-0.15, -0.1) is 0 Å². The van der Waals surface area contributed by atoms with E-state index in [0.29, 0.717) is 16.0 Å². The van der Waals surface area contributed by atoms with Crippen LogP contribution >= 0.6 is 23.2 Å². The molecular weight excluding hydrogens is 281 g/mol. The zero-order valence-corrected chi connectivity index (χ0v) is 11.3. The maximum atomic E-state index is 6.13. The molecule has 94 valence electrons. The number of para-hydroxylation sites is 3. The lowest BCUT2D eigenvalue weighted by molar-refractivity contribution is 1.28.